The van der Waals surface area contributed by atoms with Gasteiger partial charge in [-0.15, -0.1) is 11.8 Å². The van der Waals surface area contributed by atoms with Crippen LogP contribution in [-0.4, -0.2) is 0 Å². The van der Waals surface area contributed by atoms with E-state index in [1.807, 2.05) is 18.2 Å². The maximum atomic E-state index is 13.0. The van der Waals surface area contributed by atoms with Crippen LogP contribution in [0.5, 0.6) is 0 Å². The third-order valence-corrected chi connectivity index (χ3v) is 4.28. The molecule has 0 spiro atoms. The van der Waals surface area contributed by atoms with E-state index in [4.69, 9.17) is 17.3 Å². The first-order valence-corrected chi connectivity index (χ1v) is 7.33. The first kappa shape index (κ1) is 13.7. The fraction of sp³-hybridized carbons (Fsp3) is 0.0769. The molecule has 0 bridgehead atoms. The molecule has 18 heavy (non-hydrogen) atoms. The van der Waals surface area contributed by atoms with E-state index in [9.17, 15) is 4.39 Å². The minimum atomic E-state index is -0.396. The molecule has 2 N–H and O–H groups in total. The van der Waals surface area contributed by atoms with Gasteiger partial charge in [-0.2, -0.15) is 0 Å². The lowest BCUT2D eigenvalue weighted by atomic mass is 10.2. The minimum absolute atomic E-state index is 0.148. The number of benzene rings is 2. The van der Waals surface area contributed by atoms with E-state index in [-0.39, 0.29) is 5.02 Å². The van der Waals surface area contributed by atoms with Crippen molar-refractivity contribution in [1.82, 2.24) is 0 Å². The van der Waals surface area contributed by atoms with Gasteiger partial charge in [0.1, 0.15) is 5.82 Å². The van der Waals surface area contributed by atoms with Gasteiger partial charge < -0.3 is 5.73 Å². The SMILES string of the molecule is Nc1ccc(Br)cc1SCc1ccc(F)c(Cl)c1. The highest BCUT2D eigenvalue weighted by atomic mass is 79.9. The quantitative estimate of drug-likeness (QED) is 0.617. The van der Waals surface area contributed by atoms with Gasteiger partial charge >= 0.3 is 0 Å². The van der Waals surface area contributed by atoms with Crippen molar-refractivity contribution < 1.29 is 4.39 Å². The molecule has 0 atom stereocenters. The average Bonchev–Trinajstić information content (AvgIpc) is 2.34. The predicted molar refractivity (Wildman–Crippen MR) is 79.5 cm³/mol. The monoisotopic (exact) mass is 345 g/mol. The second-order valence-electron chi connectivity index (χ2n) is 3.72. The predicted octanol–water partition coefficient (Wildman–Crippen LogP) is 5.12. The molecule has 0 amide bonds. The standard InChI is InChI=1S/C13H10BrClFNS/c14-9-2-4-12(17)13(6-9)18-7-8-1-3-11(16)10(15)5-8/h1-6H,7,17H2. The maximum Gasteiger partial charge on any atom is 0.141 e. The van der Waals surface area contributed by atoms with E-state index in [0.717, 1.165) is 20.6 Å². The minimum Gasteiger partial charge on any atom is -0.398 e. The molecule has 5 heteroatoms. The number of hydrogen-bond acceptors (Lipinski definition) is 2. The largest absolute Gasteiger partial charge is 0.398 e. The molecule has 2 aromatic carbocycles. The highest BCUT2D eigenvalue weighted by Gasteiger charge is 2.04. The zero-order valence-electron chi connectivity index (χ0n) is 9.29. The normalized spacial score (nSPS) is 10.6. The Hall–Kier alpha value is -0.710. The van der Waals surface area contributed by atoms with E-state index in [1.165, 1.54) is 6.07 Å². The zero-order valence-corrected chi connectivity index (χ0v) is 12.4. The van der Waals surface area contributed by atoms with E-state index in [0.29, 0.717) is 5.75 Å². The maximum absolute atomic E-state index is 13.0. The molecule has 94 valence electrons. The Morgan fingerprint density at radius 1 is 1.22 bits per heavy atom. The molecule has 2 aromatic rings. The van der Waals surface area contributed by atoms with Gasteiger partial charge in [-0.25, -0.2) is 4.39 Å². The number of anilines is 1. The van der Waals surface area contributed by atoms with Crippen molar-refractivity contribution in [2.75, 3.05) is 5.73 Å². The molecule has 0 aliphatic carbocycles. The third kappa shape index (κ3) is 3.40. The smallest absolute Gasteiger partial charge is 0.141 e. The molecule has 0 unspecified atom stereocenters. The van der Waals surface area contributed by atoms with Gasteiger partial charge in [0, 0.05) is 20.8 Å². The molecular formula is C13H10BrClFNS. The van der Waals surface area contributed by atoms with Crippen LogP contribution in [0, 0.1) is 5.82 Å². The summed E-state index contributed by atoms with van der Waals surface area (Å²) in [5.74, 6) is 0.299. The Labute approximate surface area is 123 Å². The van der Waals surface area contributed by atoms with Crippen LogP contribution in [0.2, 0.25) is 5.02 Å². The van der Waals surface area contributed by atoms with Crippen LogP contribution < -0.4 is 5.73 Å². The molecule has 0 aliphatic rings. The van der Waals surface area contributed by atoms with E-state index in [2.05, 4.69) is 15.9 Å². The van der Waals surface area contributed by atoms with Crippen molar-refractivity contribution in [1.29, 1.82) is 0 Å². The highest BCUT2D eigenvalue weighted by Crippen LogP contribution is 2.31. The second kappa shape index (κ2) is 5.95. The summed E-state index contributed by atoms with van der Waals surface area (Å²) in [6.07, 6.45) is 0. The summed E-state index contributed by atoms with van der Waals surface area (Å²) < 4.78 is 14.0. The van der Waals surface area contributed by atoms with Crippen molar-refractivity contribution in [2.45, 2.75) is 10.6 Å². The van der Waals surface area contributed by atoms with Crippen molar-refractivity contribution >= 4 is 45.0 Å². The molecule has 0 radical (unpaired) electrons. The van der Waals surface area contributed by atoms with E-state index in [1.54, 1.807) is 23.9 Å². The molecule has 0 aliphatic heterocycles. The van der Waals surface area contributed by atoms with Crippen molar-refractivity contribution in [3.63, 3.8) is 0 Å². The molecule has 0 saturated heterocycles. The van der Waals surface area contributed by atoms with Crippen LogP contribution in [-0.2, 0) is 5.75 Å². The summed E-state index contributed by atoms with van der Waals surface area (Å²) >= 11 is 10.7. The molecule has 0 heterocycles. The van der Waals surface area contributed by atoms with Gasteiger partial charge in [-0.3, -0.25) is 0 Å². The summed E-state index contributed by atoms with van der Waals surface area (Å²) in [7, 11) is 0. The second-order valence-corrected chi connectivity index (χ2v) is 6.06. The van der Waals surface area contributed by atoms with E-state index < -0.39 is 5.82 Å². The van der Waals surface area contributed by atoms with Crippen LogP contribution in [0.3, 0.4) is 0 Å². The Bertz CT molecular complexity index is 577. The van der Waals surface area contributed by atoms with Crippen molar-refractivity contribution in [3.05, 3.63) is 57.3 Å². The topological polar surface area (TPSA) is 26.0 Å². The number of rotatable bonds is 3. The lowest BCUT2D eigenvalue weighted by Crippen LogP contribution is -1.89. The van der Waals surface area contributed by atoms with Gasteiger partial charge in [0.05, 0.1) is 5.02 Å². The third-order valence-electron chi connectivity index (χ3n) is 2.35. The van der Waals surface area contributed by atoms with Crippen LogP contribution >= 0.6 is 39.3 Å². The Morgan fingerprint density at radius 2 is 2.00 bits per heavy atom. The van der Waals surface area contributed by atoms with Crippen LogP contribution in [0.15, 0.2) is 45.8 Å². The van der Waals surface area contributed by atoms with Crippen LogP contribution in [0.25, 0.3) is 0 Å². The fourth-order valence-corrected chi connectivity index (χ4v) is 3.09. The lowest BCUT2D eigenvalue weighted by molar-refractivity contribution is 0.628. The molecule has 0 saturated carbocycles. The van der Waals surface area contributed by atoms with Gasteiger partial charge in [0.2, 0.25) is 0 Å². The van der Waals surface area contributed by atoms with Crippen molar-refractivity contribution in [3.8, 4) is 0 Å². The van der Waals surface area contributed by atoms with Gasteiger partial charge in [-0.1, -0.05) is 33.6 Å². The molecule has 1 nitrogen and oxygen atoms in total. The Balaban J connectivity index is 2.11. The number of nitrogen functional groups attached to an aromatic ring is 1. The summed E-state index contributed by atoms with van der Waals surface area (Å²) in [6, 6.07) is 10.5. The summed E-state index contributed by atoms with van der Waals surface area (Å²) in [4.78, 5) is 0.991. The van der Waals surface area contributed by atoms with Crippen molar-refractivity contribution in [2.24, 2.45) is 0 Å². The van der Waals surface area contributed by atoms with Crippen LogP contribution in [0.4, 0.5) is 10.1 Å². The van der Waals surface area contributed by atoms with E-state index >= 15 is 0 Å². The number of nitrogens with two attached hydrogens (primary N) is 1. The molecule has 0 aromatic heterocycles. The van der Waals surface area contributed by atoms with Gasteiger partial charge in [0.25, 0.3) is 0 Å². The number of hydrogen-bond donors (Lipinski definition) is 1. The molecule has 2 rings (SSSR count). The lowest BCUT2D eigenvalue weighted by Gasteiger charge is -2.06. The Kier molecular flexibility index (Phi) is 4.54. The summed E-state index contributed by atoms with van der Waals surface area (Å²) in [5.41, 5.74) is 7.58. The summed E-state index contributed by atoms with van der Waals surface area (Å²) in [6.45, 7) is 0. The molecule has 0 fully saturated rings. The number of thioether (sulfide) groups is 1. The summed E-state index contributed by atoms with van der Waals surface area (Å²) in [5, 5.41) is 0.148. The van der Waals surface area contributed by atoms with Crippen LogP contribution in [0.1, 0.15) is 5.56 Å². The van der Waals surface area contributed by atoms with Gasteiger partial charge in [-0.05, 0) is 35.9 Å². The first-order chi connectivity index (χ1) is 8.56. The molecular weight excluding hydrogens is 337 g/mol. The highest BCUT2D eigenvalue weighted by molar-refractivity contribution is 9.10. The number of halogens is 3. The Morgan fingerprint density at radius 3 is 2.72 bits per heavy atom. The first-order valence-electron chi connectivity index (χ1n) is 5.18. The fourth-order valence-electron chi connectivity index (χ4n) is 1.42. The zero-order chi connectivity index (χ0) is 13.1. The average molecular weight is 347 g/mol. The van der Waals surface area contributed by atoms with Gasteiger partial charge in [0.15, 0.2) is 0 Å².